The molecule has 112 valence electrons. The summed E-state index contributed by atoms with van der Waals surface area (Å²) in [6, 6.07) is 4.36. The lowest BCUT2D eigenvalue weighted by atomic mass is 9.94. The van der Waals surface area contributed by atoms with E-state index >= 15 is 0 Å². The zero-order chi connectivity index (χ0) is 15.4. The summed E-state index contributed by atoms with van der Waals surface area (Å²) in [5.41, 5.74) is 0.270. The van der Waals surface area contributed by atoms with Crippen molar-refractivity contribution >= 4 is 23.6 Å². The summed E-state index contributed by atoms with van der Waals surface area (Å²) in [6.07, 6.45) is 1.35. The zero-order valence-electron chi connectivity index (χ0n) is 11.4. The second-order valence-electron chi connectivity index (χ2n) is 4.73. The van der Waals surface area contributed by atoms with Gasteiger partial charge in [-0.1, -0.05) is 23.7 Å². The minimum atomic E-state index is -0.659. The Morgan fingerprint density at radius 3 is 2.90 bits per heavy atom. The van der Waals surface area contributed by atoms with Crippen LogP contribution in [0, 0.1) is 11.7 Å². The first kappa shape index (κ1) is 15.5. The lowest BCUT2D eigenvalue weighted by Crippen LogP contribution is -2.37. The highest BCUT2D eigenvalue weighted by Crippen LogP contribution is 2.25. The van der Waals surface area contributed by atoms with Gasteiger partial charge >= 0.3 is 6.09 Å². The van der Waals surface area contributed by atoms with E-state index < -0.39 is 23.7 Å². The van der Waals surface area contributed by atoms with E-state index in [-0.39, 0.29) is 30.2 Å². The molecule has 2 rings (SSSR count). The minimum Gasteiger partial charge on any atom is -0.447 e. The number of hydrogen-bond acceptors (Lipinski definition) is 3. The quantitative estimate of drug-likeness (QED) is 0.785. The number of cyclic esters (lactones) is 1. The number of amides is 2. The predicted octanol–water partition coefficient (Wildman–Crippen LogP) is 3.19. The Balaban J connectivity index is 2.21. The van der Waals surface area contributed by atoms with E-state index in [0.717, 1.165) is 4.90 Å². The van der Waals surface area contributed by atoms with Crippen LogP contribution >= 0.6 is 11.6 Å². The molecule has 1 fully saturated rings. The van der Waals surface area contributed by atoms with E-state index in [2.05, 4.69) is 6.58 Å². The molecule has 1 atom stereocenters. The Labute approximate surface area is 127 Å². The van der Waals surface area contributed by atoms with Crippen LogP contribution in [0.15, 0.2) is 30.9 Å². The predicted molar refractivity (Wildman–Crippen MR) is 76.5 cm³/mol. The van der Waals surface area contributed by atoms with Gasteiger partial charge in [0, 0.05) is 16.5 Å². The van der Waals surface area contributed by atoms with Gasteiger partial charge < -0.3 is 4.74 Å². The van der Waals surface area contributed by atoms with Crippen LogP contribution in [0.2, 0.25) is 5.02 Å². The number of ether oxygens (including phenoxy) is 1. The third-order valence-corrected chi connectivity index (χ3v) is 3.69. The van der Waals surface area contributed by atoms with Gasteiger partial charge in [0.2, 0.25) is 5.91 Å². The molecule has 0 N–H and O–H groups in total. The Kier molecular flexibility index (Phi) is 4.96. The van der Waals surface area contributed by atoms with Gasteiger partial charge in [-0.05, 0) is 25.0 Å². The number of halogens is 2. The molecule has 0 aliphatic carbocycles. The van der Waals surface area contributed by atoms with Crippen molar-refractivity contribution in [2.45, 2.75) is 12.8 Å². The highest BCUT2D eigenvalue weighted by atomic mass is 35.5. The molecule has 21 heavy (non-hydrogen) atoms. The van der Waals surface area contributed by atoms with Crippen LogP contribution in [0.3, 0.4) is 0 Å². The third kappa shape index (κ3) is 3.42. The van der Waals surface area contributed by atoms with Crippen molar-refractivity contribution < 1.29 is 18.7 Å². The second-order valence-corrected chi connectivity index (χ2v) is 5.14. The average molecular weight is 312 g/mol. The van der Waals surface area contributed by atoms with E-state index in [4.69, 9.17) is 16.3 Å². The van der Waals surface area contributed by atoms with Crippen LogP contribution in [0.25, 0.3) is 0 Å². The Morgan fingerprint density at radius 1 is 1.57 bits per heavy atom. The van der Waals surface area contributed by atoms with Crippen LogP contribution < -0.4 is 0 Å². The van der Waals surface area contributed by atoms with Gasteiger partial charge in [0.15, 0.2) is 0 Å². The Bertz CT molecular complexity index is 556. The fraction of sp³-hybridized carbons (Fsp3) is 0.333. The smallest absolute Gasteiger partial charge is 0.416 e. The number of nitrogens with zero attached hydrogens (tertiary/aromatic N) is 1. The summed E-state index contributed by atoms with van der Waals surface area (Å²) in [4.78, 5) is 24.9. The lowest BCUT2D eigenvalue weighted by Gasteiger charge is -2.20. The second kappa shape index (κ2) is 6.72. The van der Waals surface area contributed by atoms with Crippen molar-refractivity contribution in [2.75, 3.05) is 13.2 Å². The van der Waals surface area contributed by atoms with Crippen molar-refractivity contribution in [1.29, 1.82) is 0 Å². The molecule has 4 nitrogen and oxygen atoms in total. The van der Waals surface area contributed by atoms with Crippen molar-refractivity contribution in [3.05, 3.63) is 47.3 Å². The maximum atomic E-state index is 13.8. The Morgan fingerprint density at radius 2 is 2.33 bits per heavy atom. The van der Waals surface area contributed by atoms with Crippen LogP contribution in [-0.4, -0.2) is 30.1 Å². The topological polar surface area (TPSA) is 46.6 Å². The molecule has 0 radical (unpaired) electrons. The molecule has 6 heteroatoms. The zero-order valence-corrected chi connectivity index (χ0v) is 12.1. The van der Waals surface area contributed by atoms with E-state index in [1.54, 1.807) is 12.1 Å². The number of benzene rings is 1. The molecular weight excluding hydrogens is 297 g/mol. The van der Waals surface area contributed by atoms with Crippen LogP contribution in [0.1, 0.15) is 12.0 Å². The molecule has 1 saturated heterocycles. The summed E-state index contributed by atoms with van der Waals surface area (Å²) >= 11 is 5.98. The van der Waals surface area contributed by atoms with E-state index in [1.807, 2.05) is 0 Å². The van der Waals surface area contributed by atoms with Gasteiger partial charge in [0.1, 0.15) is 12.4 Å². The van der Waals surface area contributed by atoms with Gasteiger partial charge in [-0.3, -0.25) is 4.79 Å². The molecule has 1 heterocycles. The van der Waals surface area contributed by atoms with Gasteiger partial charge in [-0.2, -0.15) is 0 Å². The maximum absolute atomic E-state index is 13.8. The molecular formula is C15H15ClFNO3. The molecule has 0 spiro atoms. The van der Waals surface area contributed by atoms with Gasteiger partial charge in [0.05, 0.1) is 6.54 Å². The van der Waals surface area contributed by atoms with Gasteiger partial charge in [-0.15, -0.1) is 6.58 Å². The fourth-order valence-electron chi connectivity index (χ4n) is 2.26. The fourth-order valence-corrected chi connectivity index (χ4v) is 2.50. The maximum Gasteiger partial charge on any atom is 0.416 e. The number of allylic oxidation sites excluding steroid dienone is 1. The van der Waals surface area contributed by atoms with E-state index in [1.165, 1.54) is 12.1 Å². The first-order valence-corrected chi connectivity index (χ1v) is 6.94. The monoisotopic (exact) mass is 311 g/mol. The lowest BCUT2D eigenvalue weighted by molar-refractivity contribution is -0.131. The number of carbonyl (C=O) groups excluding carboxylic acids is 2. The minimum absolute atomic E-state index is 0.111. The normalized spacial score (nSPS) is 15.7. The molecule has 0 bridgehead atoms. The Hall–Kier alpha value is -1.88. The average Bonchev–Trinajstić information content (AvgIpc) is 2.87. The first-order chi connectivity index (χ1) is 10.0. The SMILES string of the molecule is C=CCC(Cc1c(F)cccc1Cl)C(=O)N1CCOC1=O. The molecule has 1 unspecified atom stereocenters. The summed E-state index contributed by atoms with van der Waals surface area (Å²) < 4.78 is 18.6. The first-order valence-electron chi connectivity index (χ1n) is 6.56. The van der Waals surface area contributed by atoms with Crippen LogP contribution in [0.4, 0.5) is 9.18 Å². The molecule has 0 aromatic heterocycles. The van der Waals surface area contributed by atoms with Crippen LogP contribution in [0.5, 0.6) is 0 Å². The highest BCUT2D eigenvalue weighted by Gasteiger charge is 2.33. The van der Waals surface area contributed by atoms with Gasteiger partial charge in [-0.25, -0.2) is 14.1 Å². The summed E-state index contributed by atoms with van der Waals surface area (Å²) in [5.74, 6) is -1.45. The summed E-state index contributed by atoms with van der Waals surface area (Å²) in [6.45, 7) is 4.01. The summed E-state index contributed by atoms with van der Waals surface area (Å²) in [5, 5.41) is 0.265. The summed E-state index contributed by atoms with van der Waals surface area (Å²) in [7, 11) is 0. The third-order valence-electron chi connectivity index (χ3n) is 3.34. The molecule has 1 aliphatic heterocycles. The van der Waals surface area contributed by atoms with Crippen molar-refractivity contribution in [2.24, 2.45) is 5.92 Å². The number of rotatable bonds is 5. The number of imide groups is 1. The van der Waals surface area contributed by atoms with E-state index in [0.29, 0.717) is 6.42 Å². The van der Waals surface area contributed by atoms with E-state index in [9.17, 15) is 14.0 Å². The molecule has 1 aromatic rings. The van der Waals surface area contributed by atoms with Crippen molar-refractivity contribution in [3.63, 3.8) is 0 Å². The highest BCUT2D eigenvalue weighted by molar-refractivity contribution is 6.31. The molecule has 2 amide bonds. The molecule has 1 aromatic carbocycles. The number of carbonyl (C=O) groups is 2. The number of hydrogen-bond donors (Lipinski definition) is 0. The van der Waals surface area contributed by atoms with Gasteiger partial charge in [0.25, 0.3) is 0 Å². The molecule has 0 saturated carbocycles. The van der Waals surface area contributed by atoms with Crippen molar-refractivity contribution in [1.82, 2.24) is 4.90 Å². The van der Waals surface area contributed by atoms with Crippen LogP contribution in [-0.2, 0) is 16.0 Å². The largest absolute Gasteiger partial charge is 0.447 e. The molecule has 1 aliphatic rings. The van der Waals surface area contributed by atoms with Crippen molar-refractivity contribution in [3.8, 4) is 0 Å². The standard InChI is InChI=1S/C15H15ClFNO3/c1-2-4-10(14(19)18-7-8-21-15(18)20)9-11-12(16)5-3-6-13(11)17/h2-3,5-6,10H,1,4,7-9H2.